The van der Waals surface area contributed by atoms with Gasteiger partial charge in [0.1, 0.15) is 23.0 Å². The van der Waals surface area contributed by atoms with Crippen molar-refractivity contribution in [3.05, 3.63) is 83.3 Å². The first-order valence-electron chi connectivity index (χ1n) is 27.3. The Morgan fingerprint density at radius 1 is 0.523 bits per heavy atom. The van der Waals surface area contributed by atoms with Gasteiger partial charge in [-0.2, -0.15) is 11.0 Å². The number of carbonyl (C=O) groups is 12. The maximum absolute atomic E-state index is 13.2. The van der Waals surface area contributed by atoms with Crippen LogP contribution in [0, 0.1) is 11.8 Å². The molecule has 4 atom stereocenters. The van der Waals surface area contributed by atoms with E-state index in [9.17, 15) is 78.2 Å². The lowest BCUT2D eigenvalue weighted by Crippen LogP contribution is -2.47. The Morgan fingerprint density at radius 2 is 0.907 bits per heavy atom. The van der Waals surface area contributed by atoms with Crippen LogP contribution in [0.15, 0.2) is 69.5 Å². The molecule has 466 valence electrons. The zero-order valence-corrected chi connectivity index (χ0v) is 47.6. The highest BCUT2D eigenvalue weighted by molar-refractivity contribution is 5.99. The molecule has 0 spiro atoms. The van der Waals surface area contributed by atoms with E-state index in [-0.39, 0.29) is 95.8 Å². The summed E-state index contributed by atoms with van der Waals surface area (Å²) in [6, 6.07) is 11.2. The molecule has 0 saturated heterocycles. The maximum atomic E-state index is 13.2. The minimum absolute atomic E-state index is 0.0557. The number of carboxylic acid groups (broad SMARTS) is 2. The Balaban J connectivity index is 1.31. The number of nitrogens with zero attached hydrogens (tertiary/aromatic N) is 2. The van der Waals surface area contributed by atoms with Gasteiger partial charge in [-0.15, -0.1) is 0 Å². The molecule has 86 heavy (non-hydrogen) atoms. The van der Waals surface area contributed by atoms with Crippen molar-refractivity contribution in [2.24, 2.45) is 11.8 Å². The molecule has 2 heterocycles. The van der Waals surface area contributed by atoms with Crippen LogP contribution in [0.3, 0.4) is 0 Å². The van der Waals surface area contributed by atoms with Crippen molar-refractivity contribution in [2.75, 3.05) is 26.6 Å². The molecule has 0 aliphatic carbocycles. The second-order valence-electron chi connectivity index (χ2n) is 19.0. The van der Waals surface area contributed by atoms with Crippen molar-refractivity contribution in [2.45, 2.75) is 117 Å². The number of nitrogens with one attached hydrogen (secondary N) is 6. The van der Waals surface area contributed by atoms with Crippen LogP contribution in [-0.4, -0.2) is 142 Å². The molecule has 2 aromatic carbocycles. The van der Waals surface area contributed by atoms with Gasteiger partial charge >= 0.3 is 23.9 Å². The molecule has 8 amide bonds. The molecule has 0 unspecified atom stereocenters. The average molecular weight is 1210 g/mol. The SMILES string of the molecule is CCCCC[C@@H](C(=O)NCNC(=O)c1ccc(-c2ccc(C(=O)NOC(=O)CCC(=O)ONC(=O)c3ccc(-c4ccc(C(=O)NCNC(=O)[C@H](CCCCC)[C@@H](CC)N(O)C=O)o4)cc3OCC(=O)O)c(OCC(=O)O)c2)o1)[C@@H](CC)N(O)C=O. The van der Waals surface area contributed by atoms with E-state index in [1.165, 1.54) is 60.7 Å². The third kappa shape index (κ3) is 21.1. The number of amides is 8. The molecule has 0 saturated carbocycles. The molecule has 2 aromatic heterocycles. The van der Waals surface area contributed by atoms with Crippen molar-refractivity contribution < 1.29 is 106 Å². The lowest BCUT2D eigenvalue weighted by molar-refractivity contribution is -0.169. The highest BCUT2D eigenvalue weighted by Gasteiger charge is 2.32. The molecule has 0 bridgehead atoms. The number of unbranched alkanes of at least 4 members (excludes halogenated alkanes) is 4. The van der Waals surface area contributed by atoms with Crippen LogP contribution in [0.1, 0.15) is 147 Å². The molecular formula is C56H70N8O22. The number of rotatable bonds is 37. The molecule has 30 heteroatoms. The number of ether oxygens (including phenoxy) is 2. The summed E-state index contributed by atoms with van der Waals surface area (Å²) in [7, 11) is 0. The molecule has 0 aliphatic heterocycles. The van der Waals surface area contributed by atoms with Gasteiger partial charge in [-0.1, -0.05) is 78.4 Å². The summed E-state index contributed by atoms with van der Waals surface area (Å²) in [5.41, 5.74) is 3.44. The van der Waals surface area contributed by atoms with Crippen molar-refractivity contribution >= 4 is 72.1 Å². The highest BCUT2D eigenvalue weighted by Crippen LogP contribution is 2.31. The summed E-state index contributed by atoms with van der Waals surface area (Å²) >= 11 is 0. The zero-order valence-electron chi connectivity index (χ0n) is 47.6. The predicted octanol–water partition coefficient (Wildman–Crippen LogP) is 4.24. The first-order chi connectivity index (χ1) is 41.2. The number of hydrogen-bond acceptors (Lipinski definition) is 20. The smallest absolute Gasteiger partial charge is 0.341 e. The van der Waals surface area contributed by atoms with Crippen LogP contribution < -0.4 is 41.7 Å². The van der Waals surface area contributed by atoms with E-state index in [0.717, 1.165) is 25.7 Å². The molecule has 10 N–H and O–H groups in total. The zero-order chi connectivity index (χ0) is 63.3. The van der Waals surface area contributed by atoms with Crippen LogP contribution in [0.25, 0.3) is 22.6 Å². The van der Waals surface area contributed by atoms with E-state index >= 15 is 0 Å². The largest absolute Gasteiger partial charge is 0.481 e. The minimum atomic E-state index is -1.42. The van der Waals surface area contributed by atoms with Crippen molar-refractivity contribution in [3.63, 3.8) is 0 Å². The summed E-state index contributed by atoms with van der Waals surface area (Å²) in [6.07, 6.45) is 5.07. The third-order valence-corrected chi connectivity index (χ3v) is 13.0. The highest BCUT2D eigenvalue weighted by atomic mass is 16.7. The lowest BCUT2D eigenvalue weighted by atomic mass is 9.90. The minimum Gasteiger partial charge on any atom is -0.481 e. The third-order valence-electron chi connectivity index (χ3n) is 13.0. The molecule has 0 aliphatic rings. The van der Waals surface area contributed by atoms with Gasteiger partial charge in [0.25, 0.3) is 23.6 Å². The molecule has 4 rings (SSSR count). The first kappa shape index (κ1) is 68.7. The number of benzene rings is 2. The fraction of sp³-hybridized carbons (Fsp3) is 0.429. The Bertz CT molecular complexity index is 2820. The van der Waals surface area contributed by atoms with Gasteiger partial charge in [0, 0.05) is 11.1 Å². The summed E-state index contributed by atoms with van der Waals surface area (Å²) in [4.78, 5) is 159. The van der Waals surface area contributed by atoms with Crippen molar-refractivity contribution in [3.8, 4) is 34.1 Å². The monoisotopic (exact) mass is 1210 g/mol. The predicted molar refractivity (Wildman–Crippen MR) is 295 cm³/mol. The van der Waals surface area contributed by atoms with Crippen LogP contribution >= 0.6 is 0 Å². The van der Waals surface area contributed by atoms with Crippen LogP contribution in [0.4, 0.5) is 0 Å². The normalized spacial score (nSPS) is 12.1. The maximum Gasteiger partial charge on any atom is 0.341 e. The van der Waals surface area contributed by atoms with E-state index in [1.807, 2.05) is 24.8 Å². The Labute approximate surface area is 492 Å². The molecule has 0 fully saturated rings. The molecule has 30 nitrogen and oxygen atoms in total. The quantitative estimate of drug-likeness (QED) is 0.00992. The fourth-order valence-corrected chi connectivity index (χ4v) is 8.65. The summed E-state index contributed by atoms with van der Waals surface area (Å²) in [5, 5.41) is 49.8. The standard InChI is InChI=1S/C56H70N8O22/c1-5-9-11-13-35(39(7-3)63(79)31-65)51(73)57-29-59-55(77)43-21-19-41(83-43)33-15-17-37(45(25-33)81-27-47(67)68)53(75)61-85-49(71)23-24-50(72)86-62-54(76)38-18-16-34(26-46(38)82-28-48(69)70)42-20-22-44(84-42)56(78)60-30-58-52(74)36(14-12-10-6-2)40(8-4)64(80)32-66/h15-22,25-26,31-32,35-36,39-40,79-80H,5-14,23-24,27-30H2,1-4H3,(H,57,73)(H,58,74)(H,59,77)(H,60,78)(H,61,75)(H,62,76)(H,67,68)(H,69,70)/t35-,36-,39-,40-/m1/s1. The summed E-state index contributed by atoms with van der Waals surface area (Å²) in [6.45, 7) is 4.87. The van der Waals surface area contributed by atoms with Gasteiger partial charge in [0.2, 0.25) is 24.6 Å². The van der Waals surface area contributed by atoms with E-state index in [1.54, 1.807) is 13.8 Å². The topological polar surface area (TPSA) is 428 Å². The number of aliphatic carboxylic acids is 2. The Hall–Kier alpha value is -9.84. The number of hydroxylamine groups is 6. The van der Waals surface area contributed by atoms with Gasteiger partial charge in [-0.05, 0) is 74.2 Å². The molecule has 0 radical (unpaired) electrons. The number of hydrogen-bond donors (Lipinski definition) is 10. The van der Waals surface area contributed by atoms with Crippen molar-refractivity contribution in [1.82, 2.24) is 42.4 Å². The van der Waals surface area contributed by atoms with Gasteiger partial charge in [0.15, 0.2) is 24.7 Å². The first-order valence-corrected chi connectivity index (χ1v) is 27.3. The van der Waals surface area contributed by atoms with E-state index < -0.39 is 109 Å². The van der Waals surface area contributed by atoms with Gasteiger partial charge in [0.05, 0.1) is 61.2 Å². The Kier molecular flexibility index (Phi) is 28.2. The van der Waals surface area contributed by atoms with Crippen LogP contribution in [0.5, 0.6) is 11.5 Å². The summed E-state index contributed by atoms with van der Waals surface area (Å²) < 4.78 is 22.0. The summed E-state index contributed by atoms with van der Waals surface area (Å²) in [5.74, 6) is -12.4. The van der Waals surface area contributed by atoms with Crippen molar-refractivity contribution in [1.29, 1.82) is 0 Å². The van der Waals surface area contributed by atoms with Gasteiger partial charge in [-0.3, -0.25) is 48.8 Å². The number of carboxylic acids is 2. The van der Waals surface area contributed by atoms with E-state index in [0.29, 0.717) is 35.8 Å². The van der Waals surface area contributed by atoms with Gasteiger partial charge in [-0.25, -0.2) is 29.3 Å². The lowest BCUT2D eigenvalue weighted by Gasteiger charge is -2.29. The molecular weight excluding hydrogens is 1140 g/mol. The van der Waals surface area contributed by atoms with Crippen LogP contribution in [-0.2, 0) is 48.0 Å². The van der Waals surface area contributed by atoms with E-state index in [2.05, 4.69) is 21.3 Å². The van der Waals surface area contributed by atoms with Gasteiger partial charge < -0.3 is 59.5 Å². The fourth-order valence-electron chi connectivity index (χ4n) is 8.65. The van der Waals surface area contributed by atoms with Crippen LogP contribution in [0.2, 0.25) is 0 Å². The molecule has 4 aromatic rings. The number of furan rings is 2. The van der Waals surface area contributed by atoms with E-state index in [4.69, 9.17) is 28.0 Å². The Morgan fingerprint density at radius 3 is 1.24 bits per heavy atom. The second-order valence-corrected chi connectivity index (χ2v) is 19.0. The second kappa shape index (κ2) is 35.3. The average Bonchev–Trinajstić information content (AvgIpc) is 2.74. The number of carbonyl (C=O) groups excluding carboxylic acids is 10.